The molecule has 1 aromatic carbocycles. The Morgan fingerprint density at radius 1 is 1.10 bits per heavy atom. The third-order valence-corrected chi connectivity index (χ3v) is 5.91. The van der Waals surface area contributed by atoms with E-state index in [0.717, 1.165) is 43.7 Å². The number of hydrogen-bond donors (Lipinski definition) is 0. The molecule has 30 heavy (non-hydrogen) atoms. The fraction of sp³-hybridized carbons (Fsp3) is 0.455. The van der Waals surface area contributed by atoms with Crippen LogP contribution in [0, 0.1) is 0 Å². The Labute approximate surface area is 172 Å². The molecule has 2 aliphatic rings. The molecule has 1 aliphatic heterocycles. The van der Waals surface area contributed by atoms with Gasteiger partial charge in [0.1, 0.15) is 11.6 Å². The molecule has 5 rings (SSSR count). The van der Waals surface area contributed by atoms with Gasteiger partial charge in [0, 0.05) is 18.7 Å². The number of aromatic nitrogens is 4. The number of nitrogens with zero attached hydrogens (tertiary/aromatic N) is 5. The second-order valence-electron chi connectivity index (χ2n) is 8.10. The van der Waals surface area contributed by atoms with Crippen LogP contribution in [-0.2, 0) is 13.1 Å². The van der Waals surface area contributed by atoms with Crippen LogP contribution in [0.3, 0.4) is 0 Å². The first-order valence-corrected chi connectivity index (χ1v) is 10.4. The highest BCUT2D eigenvalue weighted by Gasteiger charge is 2.32. The highest BCUT2D eigenvalue weighted by atomic mass is 19.3. The van der Waals surface area contributed by atoms with Gasteiger partial charge in [0.2, 0.25) is 0 Å². The van der Waals surface area contributed by atoms with Crippen LogP contribution in [0.5, 0.6) is 0 Å². The van der Waals surface area contributed by atoms with Gasteiger partial charge < -0.3 is 0 Å². The highest BCUT2D eigenvalue weighted by molar-refractivity contribution is 5.77. The number of para-hydroxylation sites is 1. The largest absolute Gasteiger partial charge is 0.289 e. The Bertz CT molecular complexity index is 1130. The number of halogens is 2. The van der Waals surface area contributed by atoms with Crippen LogP contribution in [0.4, 0.5) is 8.78 Å². The molecule has 1 atom stereocenters. The second kappa shape index (κ2) is 7.83. The summed E-state index contributed by atoms with van der Waals surface area (Å²) in [5.41, 5.74) is 1.07. The Kier molecular flexibility index (Phi) is 5.02. The molecule has 1 unspecified atom stereocenters. The minimum absolute atomic E-state index is 0.194. The van der Waals surface area contributed by atoms with Crippen molar-refractivity contribution in [1.29, 1.82) is 0 Å². The van der Waals surface area contributed by atoms with E-state index >= 15 is 0 Å². The van der Waals surface area contributed by atoms with Gasteiger partial charge in [0.25, 0.3) is 12.0 Å². The zero-order valence-corrected chi connectivity index (χ0v) is 16.5. The van der Waals surface area contributed by atoms with Gasteiger partial charge in [-0.15, -0.1) is 0 Å². The van der Waals surface area contributed by atoms with Crippen molar-refractivity contribution in [3.8, 4) is 0 Å². The van der Waals surface area contributed by atoms with Crippen molar-refractivity contribution in [2.75, 3.05) is 6.54 Å². The van der Waals surface area contributed by atoms with Crippen LogP contribution in [0.2, 0.25) is 0 Å². The molecule has 0 bridgehead atoms. The van der Waals surface area contributed by atoms with Gasteiger partial charge in [0.05, 0.1) is 29.2 Å². The molecule has 6 nitrogen and oxygen atoms in total. The van der Waals surface area contributed by atoms with Crippen molar-refractivity contribution in [3.05, 3.63) is 64.2 Å². The summed E-state index contributed by atoms with van der Waals surface area (Å²) in [5.74, 6) is 1.78. The molecular weight excluding hydrogens is 388 g/mol. The van der Waals surface area contributed by atoms with Gasteiger partial charge in [-0.3, -0.25) is 14.3 Å². The Balaban J connectivity index is 1.51. The maximum atomic E-state index is 13.3. The van der Waals surface area contributed by atoms with E-state index in [1.165, 1.54) is 4.57 Å². The van der Waals surface area contributed by atoms with E-state index in [2.05, 4.69) is 14.9 Å². The lowest BCUT2D eigenvalue weighted by Gasteiger charge is -2.26. The summed E-state index contributed by atoms with van der Waals surface area (Å²) in [7, 11) is 0. The van der Waals surface area contributed by atoms with Crippen molar-refractivity contribution in [1.82, 2.24) is 24.4 Å². The van der Waals surface area contributed by atoms with Gasteiger partial charge in [-0.25, -0.2) is 23.7 Å². The van der Waals surface area contributed by atoms with Crippen LogP contribution in [-0.4, -0.2) is 37.4 Å². The van der Waals surface area contributed by atoms with Crippen molar-refractivity contribution in [3.63, 3.8) is 0 Å². The highest BCUT2D eigenvalue weighted by Crippen LogP contribution is 2.38. The molecule has 3 aromatic rings. The van der Waals surface area contributed by atoms with Gasteiger partial charge in [-0.1, -0.05) is 12.1 Å². The monoisotopic (exact) mass is 411 g/mol. The van der Waals surface area contributed by atoms with Crippen molar-refractivity contribution >= 4 is 10.9 Å². The third kappa shape index (κ3) is 3.71. The lowest BCUT2D eigenvalue weighted by molar-refractivity contribution is 0.120. The Hall–Kier alpha value is -2.74. The predicted octanol–water partition coefficient (Wildman–Crippen LogP) is 3.67. The average Bonchev–Trinajstić information content (AvgIpc) is 3.50. The van der Waals surface area contributed by atoms with E-state index in [4.69, 9.17) is 4.98 Å². The van der Waals surface area contributed by atoms with E-state index in [1.54, 1.807) is 24.4 Å². The molecule has 1 saturated carbocycles. The average molecular weight is 411 g/mol. The van der Waals surface area contributed by atoms with Gasteiger partial charge in [-0.2, -0.15) is 0 Å². The fourth-order valence-corrected chi connectivity index (χ4v) is 4.31. The van der Waals surface area contributed by atoms with E-state index in [0.29, 0.717) is 29.2 Å². The third-order valence-electron chi connectivity index (χ3n) is 5.91. The van der Waals surface area contributed by atoms with Crippen LogP contribution in [0.15, 0.2) is 41.3 Å². The van der Waals surface area contributed by atoms with Crippen molar-refractivity contribution < 1.29 is 8.78 Å². The maximum absolute atomic E-state index is 13.3. The topological polar surface area (TPSA) is 63.9 Å². The first kappa shape index (κ1) is 19.2. The van der Waals surface area contributed by atoms with Gasteiger partial charge >= 0.3 is 0 Å². The van der Waals surface area contributed by atoms with E-state index in [-0.39, 0.29) is 6.04 Å². The van der Waals surface area contributed by atoms with E-state index < -0.39 is 18.5 Å². The summed E-state index contributed by atoms with van der Waals surface area (Å²) in [6, 6.07) is 8.65. The molecular formula is C22H23F2N5O. The van der Waals surface area contributed by atoms with Crippen LogP contribution < -0.4 is 5.56 Å². The van der Waals surface area contributed by atoms with E-state index in [1.807, 2.05) is 12.1 Å². The number of hydrogen-bond acceptors (Lipinski definition) is 5. The number of fused-ring (bicyclic) bond motifs is 1. The number of alkyl halides is 2. The van der Waals surface area contributed by atoms with Crippen LogP contribution in [0.25, 0.3) is 10.9 Å². The molecule has 2 aromatic heterocycles. The molecule has 1 aliphatic carbocycles. The molecule has 2 fully saturated rings. The molecule has 8 heteroatoms. The summed E-state index contributed by atoms with van der Waals surface area (Å²) in [5, 5.41) is 0.372. The molecule has 156 valence electrons. The van der Waals surface area contributed by atoms with Crippen LogP contribution >= 0.6 is 0 Å². The van der Waals surface area contributed by atoms with E-state index in [9.17, 15) is 13.6 Å². The quantitative estimate of drug-likeness (QED) is 0.619. The Morgan fingerprint density at radius 3 is 2.73 bits per heavy atom. The minimum atomic E-state index is -2.62. The maximum Gasteiger partial charge on any atom is 0.261 e. The minimum Gasteiger partial charge on any atom is -0.289 e. The zero-order valence-electron chi connectivity index (χ0n) is 16.5. The summed E-state index contributed by atoms with van der Waals surface area (Å²) in [4.78, 5) is 28.9. The molecule has 3 heterocycles. The SMILES string of the molecule is O=c1c2ccccc2nc(C2CCCN2Cc2ccnc(C3CC3)n2)n1CC(F)F. The summed E-state index contributed by atoms with van der Waals surface area (Å²) in [6.07, 6.45) is 3.13. The van der Waals surface area contributed by atoms with Crippen molar-refractivity contribution in [2.24, 2.45) is 0 Å². The summed E-state index contributed by atoms with van der Waals surface area (Å²) >= 11 is 0. The first-order valence-electron chi connectivity index (χ1n) is 10.4. The lowest BCUT2D eigenvalue weighted by Crippen LogP contribution is -2.33. The Morgan fingerprint density at radius 2 is 1.93 bits per heavy atom. The molecule has 0 N–H and O–H groups in total. The van der Waals surface area contributed by atoms with Crippen LogP contribution in [0.1, 0.15) is 55.0 Å². The van der Waals surface area contributed by atoms with Gasteiger partial charge in [0.15, 0.2) is 0 Å². The molecule has 0 radical (unpaired) electrons. The normalized spacial score (nSPS) is 19.8. The predicted molar refractivity (Wildman–Crippen MR) is 108 cm³/mol. The number of benzene rings is 1. The molecule has 1 saturated heterocycles. The molecule has 0 spiro atoms. The lowest BCUT2D eigenvalue weighted by atomic mass is 10.1. The smallest absolute Gasteiger partial charge is 0.261 e. The summed E-state index contributed by atoms with van der Waals surface area (Å²) < 4.78 is 27.8. The standard InChI is InChI=1S/C22H23F2N5O/c23-19(24)13-29-21(27-17-5-2-1-4-16(17)22(29)30)18-6-3-11-28(18)12-15-9-10-25-20(26-15)14-7-8-14/h1-2,4-5,9-10,14,18-19H,3,6-8,11-13H2. The second-order valence-corrected chi connectivity index (χ2v) is 8.10. The zero-order chi connectivity index (χ0) is 20.7. The fourth-order valence-electron chi connectivity index (χ4n) is 4.31. The number of rotatable bonds is 6. The number of likely N-dealkylation sites (tertiary alicyclic amines) is 1. The summed E-state index contributed by atoms with van der Waals surface area (Å²) in [6.45, 7) is 0.755. The first-order chi connectivity index (χ1) is 14.6. The van der Waals surface area contributed by atoms with Crippen molar-refractivity contribution in [2.45, 2.75) is 57.2 Å². The molecule has 0 amide bonds. The van der Waals surface area contributed by atoms with Gasteiger partial charge in [-0.05, 0) is 50.4 Å².